The molecule has 5 nitrogen and oxygen atoms in total. The van der Waals surface area contributed by atoms with Crippen molar-refractivity contribution in [2.45, 2.75) is 71.8 Å². The molecule has 0 amide bonds. The molecule has 1 N–H and O–H groups in total. The highest BCUT2D eigenvalue weighted by molar-refractivity contribution is 5.92. The molecule has 0 spiro atoms. The number of carbonyl (C=O) groups is 3. The van der Waals surface area contributed by atoms with Crippen molar-refractivity contribution in [3.63, 3.8) is 0 Å². The molecule has 0 heterocycles. The summed E-state index contributed by atoms with van der Waals surface area (Å²) in [6.45, 7) is 9.32. The molecular formula is C25H34O5. The highest BCUT2D eigenvalue weighted by Crippen LogP contribution is 2.66. The van der Waals surface area contributed by atoms with E-state index in [0.717, 1.165) is 32.1 Å². The summed E-state index contributed by atoms with van der Waals surface area (Å²) < 4.78 is 5.14. The maximum Gasteiger partial charge on any atom is 0.333 e. The number of hydrogen-bond donors (Lipinski definition) is 1. The Hall–Kier alpha value is -1.75. The van der Waals surface area contributed by atoms with Gasteiger partial charge in [-0.2, -0.15) is 0 Å². The van der Waals surface area contributed by atoms with Crippen LogP contribution in [0.15, 0.2) is 23.8 Å². The SMILES string of the molecule is C=C(C)C(=O)OCC(=O)[C@H]1CCC2C3CCC4=CC(=O)CCC4(C)C3C(O)CC21C. The Morgan fingerprint density at radius 2 is 1.97 bits per heavy atom. The maximum atomic E-state index is 13.0. The Labute approximate surface area is 178 Å². The largest absolute Gasteiger partial charge is 0.454 e. The van der Waals surface area contributed by atoms with Crippen molar-refractivity contribution in [2.24, 2.45) is 34.5 Å². The van der Waals surface area contributed by atoms with Crippen molar-refractivity contribution in [3.8, 4) is 0 Å². The van der Waals surface area contributed by atoms with Crippen LogP contribution in [-0.2, 0) is 19.1 Å². The van der Waals surface area contributed by atoms with Gasteiger partial charge in [-0.1, -0.05) is 26.0 Å². The molecule has 0 aliphatic heterocycles. The van der Waals surface area contributed by atoms with E-state index in [1.54, 1.807) is 6.92 Å². The topological polar surface area (TPSA) is 80.7 Å². The normalized spacial score (nSPS) is 42.5. The number of ketones is 2. The van der Waals surface area contributed by atoms with Crippen molar-refractivity contribution in [3.05, 3.63) is 23.8 Å². The van der Waals surface area contributed by atoms with Crippen LogP contribution >= 0.6 is 0 Å². The molecular weight excluding hydrogens is 380 g/mol. The minimum Gasteiger partial charge on any atom is -0.454 e. The summed E-state index contributed by atoms with van der Waals surface area (Å²) in [5.41, 5.74) is 1.13. The van der Waals surface area contributed by atoms with Gasteiger partial charge in [-0.05, 0) is 80.1 Å². The Morgan fingerprint density at radius 1 is 1.23 bits per heavy atom. The summed E-state index contributed by atoms with van der Waals surface area (Å²) in [7, 11) is 0. The van der Waals surface area contributed by atoms with Gasteiger partial charge in [0.15, 0.2) is 18.2 Å². The summed E-state index contributed by atoms with van der Waals surface area (Å²) in [6.07, 6.45) is 7.00. The quantitative estimate of drug-likeness (QED) is 0.559. The summed E-state index contributed by atoms with van der Waals surface area (Å²) in [5, 5.41) is 11.4. The molecule has 7 atom stereocenters. The summed E-state index contributed by atoms with van der Waals surface area (Å²) in [6, 6.07) is 0. The van der Waals surface area contributed by atoms with Crippen LogP contribution in [0, 0.1) is 34.5 Å². The first kappa shape index (κ1) is 21.5. The van der Waals surface area contributed by atoms with E-state index < -0.39 is 12.1 Å². The van der Waals surface area contributed by atoms with Crippen LogP contribution in [0.25, 0.3) is 0 Å². The van der Waals surface area contributed by atoms with Gasteiger partial charge in [0.2, 0.25) is 0 Å². The first-order chi connectivity index (χ1) is 14.1. The second kappa shape index (κ2) is 7.44. The molecule has 4 aliphatic carbocycles. The average molecular weight is 415 g/mol. The van der Waals surface area contributed by atoms with Crippen LogP contribution in [0.2, 0.25) is 0 Å². The van der Waals surface area contributed by atoms with Gasteiger partial charge in [0.25, 0.3) is 0 Å². The third-order valence-electron chi connectivity index (χ3n) is 8.98. The molecule has 0 saturated heterocycles. The summed E-state index contributed by atoms with van der Waals surface area (Å²) in [5.74, 6) is 0.362. The fourth-order valence-electron chi connectivity index (χ4n) is 7.58. The Kier molecular flexibility index (Phi) is 5.32. The molecule has 0 radical (unpaired) electrons. The van der Waals surface area contributed by atoms with Crippen LogP contribution in [0.4, 0.5) is 0 Å². The molecule has 4 aliphatic rings. The second-order valence-electron chi connectivity index (χ2n) is 10.6. The van der Waals surface area contributed by atoms with Gasteiger partial charge in [-0.15, -0.1) is 0 Å². The summed E-state index contributed by atoms with van der Waals surface area (Å²) in [4.78, 5) is 36.7. The predicted octanol–water partition coefficient (Wildman–Crippen LogP) is 3.79. The lowest BCUT2D eigenvalue weighted by Gasteiger charge is -2.59. The minimum absolute atomic E-state index is 0.0360. The van der Waals surface area contributed by atoms with E-state index in [-0.39, 0.29) is 40.8 Å². The molecule has 0 aromatic rings. The molecule has 3 fully saturated rings. The first-order valence-corrected chi connectivity index (χ1v) is 11.3. The number of aliphatic hydroxyl groups excluding tert-OH is 1. The number of carbonyl (C=O) groups excluding carboxylic acids is 3. The van der Waals surface area contributed by atoms with Gasteiger partial charge in [-0.25, -0.2) is 4.79 Å². The zero-order valence-corrected chi connectivity index (χ0v) is 18.4. The molecule has 4 rings (SSSR count). The van der Waals surface area contributed by atoms with Crippen molar-refractivity contribution in [1.29, 1.82) is 0 Å². The molecule has 164 valence electrons. The zero-order valence-electron chi connectivity index (χ0n) is 18.4. The van der Waals surface area contributed by atoms with Crippen molar-refractivity contribution < 1.29 is 24.2 Å². The van der Waals surface area contributed by atoms with Gasteiger partial charge in [0.05, 0.1) is 6.10 Å². The molecule has 5 heteroatoms. The molecule has 0 aromatic heterocycles. The van der Waals surface area contributed by atoms with E-state index in [1.165, 1.54) is 5.57 Å². The highest BCUT2D eigenvalue weighted by Gasteiger charge is 2.62. The Morgan fingerprint density at radius 3 is 2.67 bits per heavy atom. The Balaban J connectivity index is 1.56. The lowest BCUT2D eigenvalue weighted by molar-refractivity contribution is -0.153. The lowest BCUT2D eigenvalue weighted by Crippen LogP contribution is -2.57. The van der Waals surface area contributed by atoms with Crippen molar-refractivity contribution in [2.75, 3.05) is 6.61 Å². The standard InChI is InChI=1S/C25H34O5/c1-14(2)23(29)30-13-21(28)19-8-7-18-17-6-5-15-11-16(26)9-10-24(15,3)22(17)20(27)12-25(18,19)4/h11,17-20,22,27H,1,5-10,12-13H2,2-4H3/t17?,18?,19-,20?,22?,24?,25?/m1/s1. The Bertz CT molecular complexity index is 825. The minimum atomic E-state index is -0.529. The molecule has 30 heavy (non-hydrogen) atoms. The monoisotopic (exact) mass is 414 g/mol. The van der Waals surface area contributed by atoms with E-state index in [0.29, 0.717) is 30.3 Å². The highest BCUT2D eigenvalue weighted by atomic mass is 16.5. The second-order valence-corrected chi connectivity index (χ2v) is 10.6. The van der Waals surface area contributed by atoms with Gasteiger partial charge in [-0.3, -0.25) is 9.59 Å². The van der Waals surface area contributed by atoms with Crippen LogP contribution in [0.5, 0.6) is 0 Å². The fraction of sp³-hybridized carbons (Fsp3) is 0.720. The van der Waals surface area contributed by atoms with Crippen LogP contribution in [0.3, 0.4) is 0 Å². The summed E-state index contributed by atoms with van der Waals surface area (Å²) >= 11 is 0. The number of Topliss-reactive ketones (excluding diaryl/α,β-unsaturated/α-hetero) is 1. The van der Waals surface area contributed by atoms with Crippen molar-refractivity contribution >= 4 is 17.5 Å². The average Bonchev–Trinajstić information content (AvgIpc) is 3.02. The van der Waals surface area contributed by atoms with Crippen LogP contribution < -0.4 is 0 Å². The van der Waals surface area contributed by atoms with Gasteiger partial charge in [0.1, 0.15) is 0 Å². The maximum absolute atomic E-state index is 13.0. The van der Waals surface area contributed by atoms with Gasteiger partial charge >= 0.3 is 5.97 Å². The number of aliphatic hydroxyl groups is 1. The molecule has 3 saturated carbocycles. The third kappa shape index (κ3) is 3.21. The van der Waals surface area contributed by atoms with E-state index in [9.17, 15) is 19.5 Å². The third-order valence-corrected chi connectivity index (χ3v) is 8.98. The van der Waals surface area contributed by atoms with E-state index in [2.05, 4.69) is 20.4 Å². The number of ether oxygens (including phenoxy) is 1. The number of hydrogen-bond acceptors (Lipinski definition) is 5. The molecule has 0 bridgehead atoms. The number of rotatable bonds is 4. The number of fused-ring (bicyclic) bond motifs is 5. The van der Waals surface area contributed by atoms with Crippen LogP contribution in [-0.4, -0.2) is 35.4 Å². The molecule has 0 aromatic carbocycles. The smallest absolute Gasteiger partial charge is 0.333 e. The van der Waals surface area contributed by atoms with Crippen LogP contribution in [0.1, 0.15) is 65.7 Å². The first-order valence-electron chi connectivity index (χ1n) is 11.3. The predicted molar refractivity (Wildman–Crippen MR) is 112 cm³/mol. The van der Waals surface area contributed by atoms with E-state index in [4.69, 9.17) is 4.74 Å². The fourth-order valence-corrected chi connectivity index (χ4v) is 7.58. The van der Waals surface area contributed by atoms with E-state index in [1.807, 2.05) is 6.08 Å². The molecule has 6 unspecified atom stereocenters. The van der Waals surface area contributed by atoms with Gasteiger partial charge in [0, 0.05) is 17.9 Å². The van der Waals surface area contributed by atoms with E-state index >= 15 is 0 Å². The zero-order chi connectivity index (χ0) is 21.8. The van der Waals surface area contributed by atoms with Crippen molar-refractivity contribution in [1.82, 2.24) is 0 Å². The van der Waals surface area contributed by atoms with Gasteiger partial charge < -0.3 is 9.84 Å². The lowest BCUT2D eigenvalue weighted by atomic mass is 9.46. The number of esters is 1. The number of allylic oxidation sites excluding steroid dienone is 1.